The van der Waals surface area contributed by atoms with Gasteiger partial charge >= 0.3 is 0 Å². The molecule has 0 aliphatic rings. The fraction of sp³-hybridized carbons (Fsp3) is 0.0952. The van der Waals surface area contributed by atoms with Gasteiger partial charge in [-0.15, -0.1) is 0 Å². The maximum atomic E-state index is 13.3. The number of hydrogen-bond acceptors (Lipinski definition) is 3. The summed E-state index contributed by atoms with van der Waals surface area (Å²) in [6.07, 6.45) is 0. The van der Waals surface area contributed by atoms with Gasteiger partial charge in [0.1, 0.15) is 0 Å². The largest absolute Gasteiger partial charge is 0.322 e. The van der Waals surface area contributed by atoms with Gasteiger partial charge in [0.2, 0.25) is 15.9 Å². The molecule has 5 nitrogen and oxygen atoms in total. The van der Waals surface area contributed by atoms with Crippen LogP contribution in [0.25, 0.3) is 0 Å². The van der Waals surface area contributed by atoms with Crippen LogP contribution in [0.3, 0.4) is 0 Å². The van der Waals surface area contributed by atoms with Crippen LogP contribution < -0.4 is 5.32 Å². The minimum Gasteiger partial charge on any atom is -0.322 e. The number of hydrogen-bond donors (Lipinski definition) is 1. The molecule has 0 unspecified atom stereocenters. The fourth-order valence-corrected chi connectivity index (χ4v) is 5.00. The van der Waals surface area contributed by atoms with E-state index >= 15 is 0 Å². The molecule has 0 radical (unpaired) electrons. The molecular formula is C21H16BrCl3N2O3S. The standard InChI is InChI=1S/C21H16BrCl3N2O3S/c22-15-6-10-17(11-7-15)31(29,30)27(12-14-4-8-16(23)9-5-14)13-20(28)26-21-18(24)2-1-3-19(21)25/h1-11H,12-13H2,(H,26,28). The smallest absolute Gasteiger partial charge is 0.243 e. The molecule has 0 saturated carbocycles. The van der Waals surface area contributed by atoms with E-state index in [2.05, 4.69) is 21.2 Å². The summed E-state index contributed by atoms with van der Waals surface area (Å²) in [6.45, 7) is -0.470. The number of benzene rings is 3. The first-order valence-electron chi connectivity index (χ1n) is 8.91. The third-order valence-electron chi connectivity index (χ3n) is 4.27. The molecule has 3 aromatic carbocycles. The minimum atomic E-state index is -3.98. The molecular weight excluding hydrogens is 547 g/mol. The Bertz CT molecular complexity index is 1170. The quantitative estimate of drug-likeness (QED) is 0.371. The second kappa shape index (κ2) is 10.3. The number of amides is 1. The molecule has 0 heterocycles. The van der Waals surface area contributed by atoms with Gasteiger partial charge in [0.05, 0.1) is 27.2 Å². The van der Waals surface area contributed by atoms with Gasteiger partial charge in [-0.05, 0) is 54.1 Å². The van der Waals surface area contributed by atoms with E-state index < -0.39 is 22.5 Å². The van der Waals surface area contributed by atoms with E-state index in [1.807, 2.05) is 0 Å². The number of anilines is 1. The van der Waals surface area contributed by atoms with Crippen LogP contribution in [0.4, 0.5) is 5.69 Å². The van der Waals surface area contributed by atoms with E-state index in [0.717, 1.165) is 8.78 Å². The van der Waals surface area contributed by atoms with E-state index in [1.165, 1.54) is 12.1 Å². The van der Waals surface area contributed by atoms with Gasteiger partial charge in [0.25, 0.3) is 0 Å². The van der Waals surface area contributed by atoms with Crippen molar-refractivity contribution < 1.29 is 13.2 Å². The van der Waals surface area contributed by atoms with Crippen molar-refractivity contribution in [2.75, 3.05) is 11.9 Å². The SMILES string of the molecule is O=C(CN(Cc1ccc(Cl)cc1)S(=O)(=O)c1ccc(Br)cc1)Nc1c(Cl)cccc1Cl. The van der Waals surface area contributed by atoms with E-state index in [0.29, 0.717) is 10.6 Å². The lowest BCUT2D eigenvalue weighted by atomic mass is 10.2. The number of para-hydroxylation sites is 1. The zero-order valence-electron chi connectivity index (χ0n) is 15.9. The van der Waals surface area contributed by atoms with Crippen molar-refractivity contribution >= 4 is 72.4 Å². The van der Waals surface area contributed by atoms with Crippen molar-refractivity contribution in [2.24, 2.45) is 0 Å². The molecule has 31 heavy (non-hydrogen) atoms. The van der Waals surface area contributed by atoms with Crippen LogP contribution in [-0.2, 0) is 21.4 Å². The average molecular weight is 563 g/mol. The Morgan fingerprint density at radius 2 is 1.48 bits per heavy atom. The summed E-state index contributed by atoms with van der Waals surface area (Å²) >= 11 is 21.4. The zero-order valence-corrected chi connectivity index (χ0v) is 20.5. The molecule has 10 heteroatoms. The van der Waals surface area contributed by atoms with Crippen LogP contribution in [-0.4, -0.2) is 25.2 Å². The van der Waals surface area contributed by atoms with Gasteiger partial charge < -0.3 is 5.32 Å². The molecule has 1 N–H and O–H groups in total. The summed E-state index contributed by atoms with van der Waals surface area (Å²) < 4.78 is 28.4. The third-order valence-corrected chi connectivity index (χ3v) is 7.49. The first kappa shape index (κ1) is 24.0. The number of rotatable bonds is 7. The summed E-state index contributed by atoms with van der Waals surface area (Å²) in [4.78, 5) is 12.8. The van der Waals surface area contributed by atoms with E-state index in [4.69, 9.17) is 34.8 Å². The molecule has 0 atom stereocenters. The number of halogens is 4. The number of nitrogens with one attached hydrogen (secondary N) is 1. The molecule has 0 fully saturated rings. The molecule has 0 spiro atoms. The Morgan fingerprint density at radius 1 is 0.903 bits per heavy atom. The molecule has 3 rings (SSSR count). The predicted octanol–water partition coefficient (Wildman–Crippen LogP) is 6.24. The highest BCUT2D eigenvalue weighted by atomic mass is 79.9. The maximum absolute atomic E-state index is 13.3. The highest BCUT2D eigenvalue weighted by molar-refractivity contribution is 9.10. The number of sulfonamides is 1. The highest BCUT2D eigenvalue weighted by Gasteiger charge is 2.27. The monoisotopic (exact) mass is 560 g/mol. The van der Waals surface area contributed by atoms with Crippen LogP contribution >= 0.6 is 50.7 Å². The lowest BCUT2D eigenvalue weighted by Crippen LogP contribution is -2.37. The Balaban J connectivity index is 1.90. The third kappa shape index (κ3) is 6.22. The second-order valence-corrected chi connectivity index (χ2v) is 10.6. The first-order chi connectivity index (χ1) is 14.7. The predicted molar refractivity (Wildman–Crippen MR) is 128 cm³/mol. The number of carbonyl (C=O) groups is 1. The van der Waals surface area contributed by atoms with Gasteiger partial charge in [0, 0.05) is 16.0 Å². The molecule has 3 aromatic rings. The molecule has 0 aliphatic carbocycles. The summed E-state index contributed by atoms with van der Waals surface area (Å²) in [7, 11) is -3.98. The molecule has 0 aromatic heterocycles. The Kier molecular flexibility index (Phi) is 8.02. The van der Waals surface area contributed by atoms with Crippen molar-refractivity contribution in [3.8, 4) is 0 Å². The number of nitrogens with zero attached hydrogens (tertiary/aromatic N) is 1. The summed E-state index contributed by atoms with van der Waals surface area (Å²) in [5.41, 5.74) is 0.900. The van der Waals surface area contributed by atoms with Crippen LogP contribution in [0.5, 0.6) is 0 Å². The Morgan fingerprint density at radius 3 is 2.06 bits per heavy atom. The van der Waals surface area contributed by atoms with E-state index in [-0.39, 0.29) is 27.2 Å². The highest BCUT2D eigenvalue weighted by Crippen LogP contribution is 2.30. The van der Waals surface area contributed by atoms with Gasteiger partial charge in [0.15, 0.2) is 0 Å². The molecule has 0 aliphatic heterocycles. The van der Waals surface area contributed by atoms with Crippen molar-refractivity contribution in [1.82, 2.24) is 4.31 Å². The van der Waals surface area contributed by atoms with Crippen molar-refractivity contribution in [3.05, 3.63) is 91.8 Å². The van der Waals surface area contributed by atoms with Crippen LogP contribution in [0.15, 0.2) is 76.1 Å². The summed E-state index contributed by atoms with van der Waals surface area (Å²) in [6, 6.07) is 17.7. The molecule has 162 valence electrons. The fourth-order valence-electron chi connectivity index (χ4n) is 2.73. The lowest BCUT2D eigenvalue weighted by molar-refractivity contribution is -0.116. The van der Waals surface area contributed by atoms with E-state index in [1.54, 1.807) is 54.6 Å². The van der Waals surface area contributed by atoms with Gasteiger partial charge in [-0.2, -0.15) is 4.31 Å². The van der Waals surface area contributed by atoms with Gasteiger partial charge in [-0.25, -0.2) is 8.42 Å². The maximum Gasteiger partial charge on any atom is 0.243 e. The normalized spacial score (nSPS) is 11.5. The van der Waals surface area contributed by atoms with Gasteiger partial charge in [-0.3, -0.25) is 4.79 Å². The van der Waals surface area contributed by atoms with Gasteiger partial charge in [-0.1, -0.05) is 68.9 Å². The van der Waals surface area contributed by atoms with Crippen LogP contribution in [0.1, 0.15) is 5.56 Å². The average Bonchev–Trinajstić information content (AvgIpc) is 2.72. The first-order valence-corrected chi connectivity index (χ1v) is 12.3. The number of carbonyl (C=O) groups excluding carboxylic acids is 1. The van der Waals surface area contributed by atoms with Crippen molar-refractivity contribution in [2.45, 2.75) is 11.4 Å². The Labute approximate surface area is 204 Å². The molecule has 0 bridgehead atoms. The van der Waals surface area contributed by atoms with Crippen LogP contribution in [0, 0.1) is 0 Å². The zero-order chi connectivity index (χ0) is 22.6. The molecule has 0 saturated heterocycles. The molecule has 1 amide bonds. The topological polar surface area (TPSA) is 66.5 Å². The van der Waals surface area contributed by atoms with Crippen molar-refractivity contribution in [1.29, 1.82) is 0 Å². The van der Waals surface area contributed by atoms with Crippen LogP contribution in [0.2, 0.25) is 15.1 Å². The lowest BCUT2D eigenvalue weighted by Gasteiger charge is -2.22. The Hall–Kier alpha value is -1.61. The second-order valence-electron chi connectivity index (χ2n) is 6.50. The summed E-state index contributed by atoms with van der Waals surface area (Å²) in [5.74, 6) is -0.579. The van der Waals surface area contributed by atoms with E-state index in [9.17, 15) is 13.2 Å². The minimum absolute atomic E-state index is 0.0285. The van der Waals surface area contributed by atoms with Crippen molar-refractivity contribution in [3.63, 3.8) is 0 Å². The summed E-state index contributed by atoms with van der Waals surface area (Å²) in [5, 5.41) is 3.63.